The topological polar surface area (TPSA) is 155 Å². The number of nitrogens with one attached hydrogen (secondary N) is 1. The molecule has 4 fully saturated rings. The van der Waals surface area contributed by atoms with Crippen molar-refractivity contribution in [2.24, 2.45) is 10.8 Å². The summed E-state index contributed by atoms with van der Waals surface area (Å²) in [6, 6.07) is 9.72. The van der Waals surface area contributed by atoms with Gasteiger partial charge in [-0.3, -0.25) is 33.4 Å². The van der Waals surface area contributed by atoms with Crippen LogP contribution in [0.15, 0.2) is 55.2 Å². The summed E-state index contributed by atoms with van der Waals surface area (Å²) in [6.07, 6.45) is 11.7. The van der Waals surface area contributed by atoms with Gasteiger partial charge >= 0.3 is 0 Å². The predicted octanol–water partition coefficient (Wildman–Crippen LogP) is 6.33. The van der Waals surface area contributed by atoms with Crippen LogP contribution < -0.4 is 0 Å². The number of amides is 2. The van der Waals surface area contributed by atoms with Crippen LogP contribution >= 0.6 is 0 Å². The molecule has 2 aliphatic heterocycles. The molecule has 12 heteroatoms. The van der Waals surface area contributed by atoms with Crippen molar-refractivity contribution < 1.29 is 28.8 Å². The Morgan fingerprint density at radius 3 is 1.60 bits per heavy atom. The Hall–Kier alpha value is -6.40. The Bertz CT molecular complexity index is 2600. The second-order valence-corrected chi connectivity index (χ2v) is 19.0. The monoisotopic (exact) mass is 874 g/mol. The zero-order valence-electron chi connectivity index (χ0n) is 38.1. The summed E-state index contributed by atoms with van der Waals surface area (Å²) in [7, 11) is 0. The lowest BCUT2D eigenvalue weighted by molar-refractivity contribution is -0.142. The lowest BCUT2D eigenvalue weighted by Crippen LogP contribution is -2.48. The number of carbonyl (C=O) groups excluding carboxylic acids is 6. The van der Waals surface area contributed by atoms with Gasteiger partial charge in [0.1, 0.15) is 35.0 Å². The zero-order chi connectivity index (χ0) is 45.9. The van der Waals surface area contributed by atoms with Crippen LogP contribution in [0.2, 0.25) is 0 Å². The smallest absolute Gasteiger partial charge is 0.228 e. The highest BCUT2D eigenvalue weighted by molar-refractivity contribution is 6.11. The molecule has 2 aliphatic carbocycles. The number of benzene rings is 2. The summed E-state index contributed by atoms with van der Waals surface area (Å²) in [6.45, 7) is 9.97. The minimum Gasteiger partial charge on any atom is -0.348 e. The van der Waals surface area contributed by atoms with Gasteiger partial charge in [-0.1, -0.05) is 11.8 Å². The largest absolute Gasteiger partial charge is 0.348 e. The molecule has 2 spiro atoms. The molecule has 2 aromatic carbocycles. The van der Waals surface area contributed by atoms with E-state index < -0.39 is 22.7 Å². The van der Waals surface area contributed by atoms with Crippen molar-refractivity contribution in [3.8, 4) is 23.7 Å². The van der Waals surface area contributed by atoms with Crippen molar-refractivity contribution in [3.63, 3.8) is 0 Å². The molecule has 65 heavy (non-hydrogen) atoms. The molecular weight excluding hydrogens is 817 g/mol. The van der Waals surface area contributed by atoms with Gasteiger partial charge in [-0.05, 0) is 141 Å². The first-order chi connectivity index (χ1) is 31.3. The summed E-state index contributed by atoms with van der Waals surface area (Å²) >= 11 is 0. The SMILES string of the molecule is CC#Cc1cc(C)c(C2C(=O)CC3(CCN(C(=O)CCn4cccn4)CC3)CC2=O)c(CCc2cc(C#CC)cc(C)c2C2C(=O)CC3(CCN(C(=O)Cc4cnc[nH]4)CC3)CC2=O)c1. The molecule has 2 aromatic heterocycles. The number of carbonyl (C=O) groups is 6. The summed E-state index contributed by atoms with van der Waals surface area (Å²) in [5.41, 5.74) is 6.22. The minimum atomic E-state index is -0.909. The first-order valence-corrected chi connectivity index (χ1v) is 23.0. The lowest BCUT2D eigenvalue weighted by atomic mass is 9.62. The molecular formula is C53H58N6O6. The molecule has 336 valence electrons. The molecule has 2 saturated carbocycles. The maximum Gasteiger partial charge on any atom is 0.228 e. The fourth-order valence-electron chi connectivity index (χ4n) is 11.3. The van der Waals surface area contributed by atoms with Crippen molar-refractivity contribution >= 4 is 34.9 Å². The van der Waals surface area contributed by atoms with Crippen molar-refractivity contribution in [1.82, 2.24) is 29.5 Å². The summed E-state index contributed by atoms with van der Waals surface area (Å²) in [4.78, 5) is 94.4. The molecule has 4 aromatic rings. The first-order valence-electron chi connectivity index (χ1n) is 23.0. The molecule has 0 radical (unpaired) electrons. The average molecular weight is 875 g/mol. The fourth-order valence-corrected chi connectivity index (χ4v) is 11.3. The third kappa shape index (κ3) is 9.68. The Morgan fingerprint density at radius 1 is 0.708 bits per heavy atom. The Morgan fingerprint density at radius 2 is 1.18 bits per heavy atom. The highest BCUT2D eigenvalue weighted by Crippen LogP contribution is 2.49. The van der Waals surface area contributed by atoms with Crippen LogP contribution in [-0.2, 0) is 54.6 Å². The minimum absolute atomic E-state index is 0.00118. The van der Waals surface area contributed by atoms with Crippen LogP contribution in [0.1, 0.15) is 134 Å². The Balaban J connectivity index is 1.00. The van der Waals surface area contributed by atoms with Gasteiger partial charge in [-0.15, -0.1) is 11.8 Å². The maximum absolute atomic E-state index is 14.4. The van der Waals surface area contributed by atoms with E-state index in [2.05, 4.69) is 38.7 Å². The molecule has 2 saturated heterocycles. The van der Waals surface area contributed by atoms with E-state index in [0.29, 0.717) is 77.7 Å². The van der Waals surface area contributed by atoms with Crippen LogP contribution in [-0.4, -0.2) is 90.7 Å². The highest BCUT2D eigenvalue weighted by atomic mass is 16.2. The Kier molecular flexibility index (Phi) is 13.2. The standard InChI is InChI=1S/C53H58N6O6/c1-5-8-37-24-35(3)48(50-42(60)29-52(30-43(50)61)13-20-57(21-14-52)46(64)12-19-59-18-7-17-56-59)39(26-37)10-11-40-27-38(9-6-2)25-36(4)49(40)51-44(62)31-53(32-45(51)63)15-22-58(23-16-53)47(65)28-41-33-54-34-55-41/h7,17-18,24-27,33-34,50-51H,10-16,19-23,28-32H2,1-4H3,(H,54,55). The molecule has 0 bridgehead atoms. The molecule has 0 atom stereocenters. The van der Waals surface area contributed by atoms with Crippen LogP contribution in [0.5, 0.6) is 0 Å². The molecule has 8 rings (SSSR count). The van der Waals surface area contributed by atoms with E-state index in [1.807, 2.05) is 60.2 Å². The van der Waals surface area contributed by atoms with Crippen molar-refractivity contribution in [2.75, 3.05) is 26.2 Å². The van der Waals surface area contributed by atoms with E-state index in [1.165, 1.54) is 0 Å². The first kappa shape index (κ1) is 45.2. The maximum atomic E-state index is 14.4. The lowest BCUT2D eigenvalue weighted by Gasteiger charge is -2.45. The number of ketones is 4. The highest BCUT2D eigenvalue weighted by Gasteiger charge is 2.49. The second kappa shape index (κ2) is 19.0. The van der Waals surface area contributed by atoms with Gasteiger partial charge in [0, 0.05) is 100 Å². The van der Waals surface area contributed by atoms with E-state index >= 15 is 0 Å². The number of piperidine rings is 2. The summed E-state index contributed by atoms with van der Waals surface area (Å²) < 4.78 is 1.74. The van der Waals surface area contributed by atoms with Crippen molar-refractivity contribution in [3.05, 3.63) is 105 Å². The van der Waals surface area contributed by atoms with Crippen molar-refractivity contribution in [2.45, 2.75) is 123 Å². The third-order valence-electron chi connectivity index (χ3n) is 14.6. The van der Waals surface area contributed by atoms with Crippen LogP contribution in [0.4, 0.5) is 0 Å². The van der Waals surface area contributed by atoms with Gasteiger partial charge in [0.2, 0.25) is 11.8 Å². The van der Waals surface area contributed by atoms with E-state index in [-0.39, 0.29) is 67.1 Å². The number of aromatic nitrogens is 4. The van der Waals surface area contributed by atoms with Crippen LogP contribution in [0.25, 0.3) is 0 Å². The molecule has 4 heterocycles. The number of hydrogen-bond acceptors (Lipinski definition) is 8. The van der Waals surface area contributed by atoms with Gasteiger partial charge in [0.15, 0.2) is 0 Å². The summed E-state index contributed by atoms with van der Waals surface area (Å²) in [5.74, 6) is 10.2. The predicted molar refractivity (Wildman–Crippen MR) is 244 cm³/mol. The summed E-state index contributed by atoms with van der Waals surface area (Å²) in [5, 5.41) is 4.20. The van der Waals surface area contributed by atoms with E-state index in [1.54, 1.807) is 37.3 Å². The number of hydrogen-bond donors (Lipinski definition) is 1. The van der Waals surface area contributed by atoms with Crippen molar-refractivity contribution in [1.29, 1.82) is 0 Å². The molecule has 0 unspecified atom stereocenters. The van der Waals surface area contributed by atoms with E-state index in [9.17, 15) is 28.8 Å². The number of Topliss-reactive ketones (excluding diaryl/α,β-unsaturated/α-hetero) is 4. The van der Waals surface area contributed by atoms with E-state index in [0.717, 1.165) is 50.2 Å². The molecule has 4 aliphatic rings. The number of imidazole rings is 1. The number of likely N-dealkylation sites (tertiary alicyclic amines) is 2. The number of rotatable bonds is 10. The average Bonchev–Trinajstić information content (AvgIpc) is 3.99. The van der Waals surface area contributed by atoms with Gasteiger partial charge in [-0.2, -0.15) is 5.10 Å². The number of nitrogens with zero attached hydrogens (tertiary/aromatic N) is 5. The van der Waals surface area contributed by atoms with E-state index in [4.69, 9.17) is 0 Å². The van der Waals surface area contributed by atoms with Gasteiger partial charge in [0.05, 0.1) is 12.7 Å². The zero-order valence-corrected chi connectivity index (χ0v) is 38.1. The number of H-pyrrole nitrogens is 1. The molecule has 12 nitrogen and oxygen atoms in total. The normalized spacial score (nSPS) is 19.5. The fraction of sp³-hybridized carbons (Fsp3) is 0.472. The Labute approximate surface area is 381 Å². The molecule has 1 N–H and O–H groups in total. The molecule has 2 amide bonds. The van der Waals surface area contributed by atoms with Crippen LogP contribution in [0.3, 0.4) is 0 Å². The second-order valence-electron chi connectivity index (χ2n) is 19.0. The number of aryl methyl sites for hydroxylation is 5. The number of aromatic amines is 1. The third-order valence-corrected chi connectivity index (χ3v) is 14.6. The van der Waals surface area contributed by atoms with Gasteiger partial charge < -0.3 is 14.8 Å². The van der Waals surface area contributed by atoms with Gasteiger partial charge in [-0.25, -0.2) is 4.98 Å². The van der Waals surface area contributed by atoms with Crippen LogP contribution in [0, 0.1) is 48.4 Å². The quantitative estimate of drug-likeness (QED) is 0.143. The van der Waals surface area contributed by atoms with Gasteiger partial charge in [0.25, 0.3) is 0 Å².